The minimum atomic E-state index is 0.910. The fourth-order valence-corrected chi connectivity index (χ4v) is 3.09. The van der Waals surface area contributed by atoms with E-state index in [1.807, 2.05) is 18.2 Å². The van der Waals surface area contributed by atoms with Crippen LogP contribution in [0, 0.1) is 0 Å². The summed E-state index contributed by atoms with van der Waals surface area (Å²) in [6.45, 7) is 0. The number of H-pyrrole nitrogens is 2. The summed E-state index contributed by atoms with van der Waals surface area (Å²) in [6, 6.07) is 22.9. The van der Waals surface area contributed by atoms with Crippen LogP contribution >= 0.6 is 0 Å². The third-order valence-electron chi connectivity index (χ3n) is 4.15. The van der Waals surface area contributed by atoms with Crippen molar-refractivity contribution in [2.45, 2.75) is 0 Å². The lowest BCUT2D eigenvalue weighted by Crippen LogP contribution is -1.77. The Bertz CT molecular complexity index is 1120. The van der Waals surface area contributed by atoms with Crippen LogP contribution in [-0.4, -0.2) is 15.0 Å². The molecule has 0 atom stereocenters. The molecule has 0 amide bonds. The Labute approximate surface area is 126 Å². The average Bonchev–Trinajstić information content (AvgIpc) is 3.14. The van der Waals surface area contributed by atoms with Crippen LogP contribution in [0.1, 0.15) is 0 Å². The molecule has 0 aliphatic rings. The van der Waals surface area contributed by atoms with E-state index in [1.54, 1.807) is 0 Å². The normalized spacial score (nSPS) is 11.6. The van der Waals surface area contributed by atoms with Crippen LogP contribution in [0.25, 0.3) is 44.2 Å². The Hall–Kier alpha value is -3.07. The van der Waals surface area contributed by atoms with Crippen LogP contribution in [0.2, 0.25) is 0 Å². The molecule has 2 N–H and O–H groups in total. The molecule has 2 heterocycles. The summed E-state index contributed by atoms with van der Waals surface area (Å²) in [4.78, 5) is 11.6. The van der Waals surface area contributed by atoms with E-state index in [0.29, 0.717) is 0 Å². The van der Waals surface area contributed by atoms with Gasteiger partial charge in [-0.3, -0.25) is 0 Å². The molecule has 104 valence electrons. The first-order valence-electron chi connectivity index (χ1n) is 7.34. The van der Waals surface area contributed by atoms with Gasteiger partial charge in [0.2, 0.25) is 0 Å². The van der Waals surface area contributed by atoms with Crippen LogP contribution in [0.4, 0.5) is 0 Å². The summed E-state index contributed by atoms with van der Waals surface area (Å²) < 4.78 is 0. The molecule has 5 rings (SSSR count). The number of fused-ring (bicyclic) bond motifs is 4. The first kappa shape index (κ1) is 11.6. The van der Waals surface area contributed by atoms with Gasteiger partial charge in [-0.15, -0.1) is 0 Å². The fraction of sp³-hybridized carbons (Fsp3) is 0. The molecule has 2 aromatic heterocycles. The number of nitrogens with zero attached hydrogens (tertiary/aromatic N) is 1. The van der Waals surface area contributed by atoms with Gasteiger partial charge >= 0.3 is 0 Å². The molecule has 0 saturated carbocycles. The lowest BCUT2D eigenvalue weighted by atomic mass is 10.1. The number of rotatable bonds is 1. The minimum Gasteiger partial charge on any atom is -0.354 e. The number of aromatic amines is 2. The predicted octanol–water partition coefficient (Wildman–Crippen LogP) is 4.86. The van der Waals surface area contributed by atoms with Crippen molar-refractivity contribution < 1.29 is 0 Å². The first-order valence-corrected chi connectivity index (χ1v) is 7.34. The minimum absolute atomic E-state index is 0.910. The number of para-hydroxylation sites is 1. The third-order valence-corrected chi connectivity index (χ3v) is 4.15. The van der Waals surface area contributed by atoms with E-state index in [2.05, 4.69) is 58.5 Å². The molecule has 0 unspecified atom stereocenters. The number of imidazole rings is 1. The van der Waals surface area contributed by atoms with Gasteiger partial charge in [0.25, 0.3) is 0 Å². The Balaban J connectivity index is 1.81. The Morgan fingerprint density at radius 1 is 0.636 bits per heavy atom. The highest BCUT2D eigenvalue weighted by Crippen LogP contribution is 2.29. The van der Waals surface area contributed by atoms with Gasteiger partial charge in [0.15, 0.2) is 0 Å². The van der Waals surface area contributed by atoms with Crippen LogP contribution in [0.15, 0.2) is 66.7 Å². The second kappa shape index (κ2) is 4.21. The molecule has 22 heavy (non-hydrogen) atoms. The highest BCUT2D eigenvalue weighted by molar-refractivity contribution is 6.11. The van der Waals surface area contributed by atoms with Crippen molar-refractivity contribution in [1.82, 2.24) is 15.0 Å². The molecule has 0 radical (unpaired) electrons. The SMILES string of the molecule is c1ccc(-c2nc3cc4[nH]c5ccccc5c4cc3[nH]2)cc1. The zero-order valence-electron chi connectivity index (χ0n) is 11.8. The summed E-state index contributed by atoms with van der Waals surface area (Å²) in [5.41, 5.74) is 5.44. The van der Waals surface area contributed by atoms with Gasteiger partial charge in [-0.05, 0) is 18.2 Å². The van der Waals surface area contributed by atoms with Crippen molar-refractivity contribution in [3.8, 4) is 11.4 Å². The largest absolute Gasteiger partial charge is 0.354 e. The zero-order chi connectivity index (χ0) is 14.5. The molecule has 0 fully saturated rings. The second-order valence-corrected chi connectivity index (χ2v) is 5.54. The summed E-state index contributed by atoms with van der Waals surface area (Å²) >= 11 is 0. The van der Waals surface area contributed by atoms with Gasteiger partial charge in [0.1, 0.15) is 5.82 Å². The van der Waals surface area contributed by atoms with E-state index >= 15 is 0 Å². The van der Waals surface area contributed by atoms with Gasteiger partial charge in [-0.2, -0.15) is 0 Å². The average molecular weight is 283 g/mol. The van der Waals surface area contributed by atoms with E-state index in [-0.39, 0.29) is 0 Å². The molecular formula is C19H13N3. The summed E-state index contributed by atoms with van der Waals surface area (Å²) in [5, 5.41) is 2.47. The first-order chi connectivity index (χ1) is 10.9. The molecule has 0 bridgehead atoms. The molecule has 0 saturated heterocycles. The standard InChI is InChI=1S/C19H13N3/c1-2-6-12(7-3-1)19-21-17-10-14-13-8-4-5-9-15(13)20-16(14)11-18(17)22-19/h1-11,20H,(H,21,22). The number of nitrogens with one attached hydrogen (secondary N) is 2. The van der Waals surface area contributed by atoms with Gasteiger partial charge in [0, 0.05) is 27.4 Å². The number of hydrogen-bond acceptors (Lipinski definition) is 1. The molecule has 3 heteroatoms. The van der Waals surface area contributed by atoms with E-state index in [1.165, 1.54) is 10.8 Å². The van der Waals surface area contributed by atoms with Crippen LogP contribution in [0.5, 0.6) is 0 Å². The molecule has 0 spiro atoms. The van der Waals surface area contributed by atoms with E-state index < -0.39 is 0 Å². The monoisotopic (exact) mass is 283 g/mol. The highest BCUT2D eigenvalue weighted by Gasteiger charge is 2.09. The Morgan fingerprint density at radius 2 is 1.45 bits per heavy atom. The maximum atomic E-state index is 4.73. The van der Waals surface area contributed by atoms with Crippen molar-refractivity contribution in [2.75, 3.05) is 0 Å². The summed E-state index contributed by atoms with van der Waals surface area (Å²) in [7, 11) is 0. The van der Waals surface area contributed by atoms with Gasteiger partial charge < -0.3 is 9.97 Å². The zero-order valence-corrected chi connectivity index (χ0v) is 11.8. The van der Waals surface area contributed by atoms with Crippen molar-refractivity contribution in [3.05, 3.63) is 66.7 Å². The Kier molecular flexibility index (Phi) is 2.22. The highest BCUT2D eigenvalue weighted by atomic mass is 14.9. The Morgan fingerprint density at radius 3 is 2.36 bits per heavy atom. The van der Waals surface area contributed by atoms with E-state index in [9.17, 15) is 0 Å². The lowest BCUT2D eigenvalue weighted by Gasteiger charge is -1.93. The second-order valence-electron chi connectivity index (χ2n) is 5.54. The third kappa shape index (κ3) is 1.59. The number of benzene rings is 3. The quantitative estimate of drug-likeness (QED) is 0.453. The smallest absolute Gasteiger partial charge is 0.138 e. The molecule has 0 aliphatic carbocycles. The van der Waals surface area contributed by atoms with Crippen molar-refractivity contribution in [3.63, 3.8) is 0 Å². The predicted molar refractivity (Wildman–Crippen MR) is 90.9 cm³/mol. The summed E-state index contributed by atoms with van der Waals surface area (Å²) in [6.07, 6.45) is 0. The maximum absolute atomic E-state index is 4.73. The summed E-state index contributed by atoms with van der Waals surface area (Å²) in [5.74, 6) is 0.910. The van der Waals surface area contributed by atoms with Crippen molar-refractivity contribution in [1.29, 1.82) is 0 Å². The molecule has 0 aliphatic heterocycles. The van der Waals surface area contributed by atoms with Crippen LogP contribution < -0.4 is 0 Å². The number of hydrogen-bond donors (Lipinski definition) is 2. The van der Waals surface area contributed by atoms with E-state index in [0.717, 1.165) is 33.5 Å². The fourth-order valence-electron chi connectivity index (χ4n) is 3.09. The van der Waals surface area contributed by atoms with Crippen molar-refractivity contribution >= 4 is 32.8 Å². The molecule has 5 aromatic rings. The van der Waals surface area contributed by atoms with Gasteiger partial charge in [-0.25, -0.2) is 4.98 Å². The molecule has 3 nitrogen and oxygen atoms in total. The van der Waals surface area contributed by atoms with E-state index in [4.69, 9.17) is 4.98 Å². The molecular weight excluding hydrogens is 270 g/mol. The van der Waals surface area contributed by atoms with Gasteiger partial charge in [0.05, 0.1) is 11.0 Å². The van der Waals surface area contributed by atoms with Crippen molar-refractivity contribution in [2.24, 2.45) is 0 Å². The molecule has 3 aromatic carbocycles. The van der Waals surface area contributed by atoms with Crippen LogP contribution in [-0.2, 0) is 0 Å². The topological polar surface area (TPSA) is 44.5 Å². The van der Waals surface area contributed by atoms with Crippen LogP contribution in [0.3, 0.4) is 0 Å². The number of aromatic nitrogens is 3. The maximum Gasteiger partial charge on any atom is 0.138 e. The van der Waals surface area contributed by atoms with Gasteiger partial charge in [-0.1, -0.05) is 48.5 Å². The lowest BCUT2D eigenvalue weighted by molar-refractivity contribution is 1.34.